The van der Waals surface area contributed by atoms with Gasteiger partial charge >= 0.3 is 0 Å². The second-order valence-electron chi connectivity index (χ2n) is 3.75. The summed E-state index contributed by atoms with van der Waals surface area (Å²) in [5.41, 5.74) is 0.684. The van der Waals surface area contributed by atoms with Crippen LogP contribution in [-0.4, -0.2) is 29.3 Å². The monoisotopic (exact) mass is 227 g/mol. The summed E-state index contributed by atoms with van der Waals surface area (Å²) < 4.78 is 5.24. The fourth-order valence-corrected chi connectivity index (χ4v) is 2.14. The Morgan fingerprint density at radius 1 is 1.73 bits per heavy atom. The number of amides is 1. The Bertz CT molecular complexity index is 361. The molecular weight excluding hydrogens is 214 g/mol. The summed E-state index contributed by atoms with van der Waals surface area (Å²) in [6.07, 6.45) is 3.19. The average molecular weight is 228 g/mol. The molecule has 0 radical (unpaired) electrons. The molecule has 1 amide bonds. The first kappa shape index (κ1) is 10.6. The van der Waals surface area contributed by atoms with Crippen molar-refractivity contribution in [1.82, 2.24) is 4.90 Å². The molecule has 82 valence electrons. The number of furan rings is 1. The largest absolute Gasteiger partial charge is 0.469 e. The molecule has 1 saturated heterocycles. The van der Waals surface area contributed by atoms with Gasteiger partial charge < -0.3 is 9.32 Å². The van der Waals surface area contributed by atoms with Gasteiger partial charge in [-0.25, -0.2) is 0 Å². The zero-order valence-electron chi connectivity index (χ0n) is 8.70. The average Bonchev–Trinajstić information content (AvgIpc) is 2.84. The Labute approximate surface area is 94.0 Å². The highest BCUT2D eigenvalue weighted by atomic mass is 35.5. The number of hydrogen-bond acceptors (Lipinski definition) is 2. The van der Waals surface area contributed by atoms with Gasteiger partial charge in [-0.15, -0.1) is 11.6 Å². The Balaban J connectivity index is 2.14. The van der Waals surface area contributed by atoms with Crippen molar-refractivity contribution in [3.8, 4) is 0 Å². The third-order valence-electron chi connectivity index (χ3n) is 2.71. The van der Waals surface area contributed by atoms with Crippen LogP contribution in [0.25, 0.3) is 0 Å². The Kier molecular flexibility index (Phi) is 3.00. The lowest BCUT2D eigenvalue weighted by molar-refractivity contribution is 0.0791. The minimum Gasteiger partial charge on any atom is -0.469 e. The van der Waals surface area contributed by atoms with Crippen molar-refractivity contribution >= 4 is 17.5 Å². The van der Waals surface area contributed by atoms with E-state index in [0.29, 0.717) is 12.1 Å². The highest BCUT2D eigenvalue weighted by Gasteiger charge is 2.27. The summed E-state index contributed by atoms with van der Waals surface area (Å²) >= 11 is 5.97. The van der Waals surface area contributed by atoms with Crippen molar-refractivity contribution in [2.75, 3.05) is 13.1 Å². The van der Waals surface area contributed by atoms with Crippen molar-refractivity contribution in [3.63, 3.8) is 0 Å². The van der Waals surface area contributed by atoms with Gasteiger partial charge in [-0.05, 0) is 12.5 Å². The maximum Gasteiger partial charge on any atom is 0.257 e. The Morgan fingerprint density at radius 2 is 2.53 bits per heavy atom. The van der Waals surface area contributed by atoms with E-state index in [-0.39, 0.29) is 11.3 Å². The predicted molar refractivity (Wildman–Crippen MR) is 58.2 cm³/mol. The third kappa shape index (κ3) is 2.02. The number of aryl methyl sites for hydroxylation is 1. The number of likely N-dealkylation sites (tertiary alicyclic amines) is 1. The van der Waals surface area contributed by atoms with Gasteiger partial charge in [0.15, 0.2) is 0 Å². The molecule has 1 fully saturated rings. The Hall–Kier alpha value is -0.960. The van der Waals surface area contributed by atoms with E-state index in [0.717, 1.165) is 25.1 Å². The van der Waals surface area contributed by atoms with Crippen molar-refractivity contribution in [3.05, 3.63) is 23.7 Å². The van der Waals surface area contributed by atoms with Crippen LogP contribution in [-0.2, 0) is 6.42 Å². The van der Waals surface area contributed by atoms with Gasteiger partial charge in [-0.2, -0.15) is 0 Å². The van der Waals surface area contributed by atoms with Crippen molar-refractivity contribution < 1.29 is 9.21 Å². The molecule has 1 aliphatic heterocycles. The zero-order chi connectivity index (χ0) is 10.8. The molecule has 4 heteroatoms. The summed E-state index contributed by atoms with van der Waals surface area (Å²) in [5, 5.41) is 0.103. The van der Waals surface area contributed by atoms with Crippen LogP contribution < -0.4 is 0 Å². The second-order valence-corrected chi connectivity index (χ2v) is 4.37. The van der Waals surface area contributed by atoms with E-state index in [1.165, 1.54) is 0 Å². The summed E-state index contributed by atoms with van der Waals surface area (Å²) in [4.78, 5) is 13.8. The van der Waals surface area contributed by atoms with Gasteiger partial charge in [0.25, 0.3) is 5.91 Å². The lowest BCUT2D eigenvalue weighted by atomic mass is 10.2. The fourth-order valence-electron chi connectivity index (χ4n) is 1.88. The van der Waals surface area contributed by atoms with E-state index in [4.69, 9.17) is 16.0 Å². The van der Waals surface area contributed by atoms with E-state index < -0.39 is 0 Å². The quantitative estimate of drug-likeness (QED) is 0.727. The Morgan fingerprint density at radius 3 is 3.13 bits per heavy atom. The zero-order valence-corrected chi connectivity index (χ0v) is 9.46. The number of halogens is 1. The summed E-state index contributed by atoms with van der Waals surface area (Å²) in [6.45, 7) is 3.38. The first-order valence-corrected chi connectivity index (χ1v) is 5.65. The van der Waals surface area contributed by atoms with Crippen LogP contribution in [0.1, 0.15) is 29.5 Å². The molecule has 0 saturated carbocycles. The minimum absolute atomic E-state index is 0.0451. The van der Waals surface area contributed by atoms with E-state index in [2.05, 4.69) is 0 Å². The van der Waals surface area contributed by atoms with Crippen LogP contribution in [0.3, 0.4) is 0 Å². The minimum atomic E-state index is 0.0451. The van der Waals surface area contributed by atoms with E-state index >= 15 is 0 Å². The first-order valence-electron chi connectivity index (χ1n) is 5.22. The molecule has 1 unspecified atom stereocenters. The van der Waals surface area contributed by atoms with Gasteiger partial charge in [0.2, 0.25) is 0 Å². The van der Waals surface area contributed by atoms with E-state index in [9.17, 15) is 4.79 Å². The van der Waals surface area contributed by atoms with Crippen LogP contribution in [0.2, 0.25) is 0 Å². The van der Waals surface area contributed by atoms with Crippen LogP contribution in [0.4, 0.5) is 0 Å². The summed E-state index contributed by atoms with van der Waals surface area (Å²) in [5.74, 6) is 0.807. The van der Waals surface area contributed by atoms with Crippen molar-refractivity contribution in [2.24, 2.45) is 0 Å². The molecule has 2 heterocycles. The summed E-state index contributed by atoms with van der Waals surface area (Å²) in [6, 6.07) is 1.74. The molecule has 3 nitrogen and oxygen atoms in total. The molecular formula is C11H14ClNO2. The van der Waals surface area contributed by atoms with Gasteiger partial charge in [-0.3, -0.25) is 4.79 Å². The van der Waals surface area contributed by atoms with Crippen LogP contribution in [0, 0.1) is 0 Å². The van der Waals surface area contributed by atoms with Crippen LogP contribution in [0.5, 0.6) is 0 Å². The molecule has 1 aliphatic rings. The molecule has 0 aromatic carbocycles. The molecule has 0 bridgehead atoms. The third-order valence-corrected chi connectivity index (χ3v) is 3.07. The fraction of sp³-hybridized carbons (Fsp3) is 0.545. The highest BCUT2D eigenvalue weighted by Crippen LogP contribution is 2.20. The van der Waals surface area contributed by atoms with Gasteiger partial charge in [-0.1, -0.05) is 6.92 Å². The molecule has 0 N–H and O–H groups in total. The number of hydrogen-bond donors (Lipinski definition) is 0. The number of carbonyl (C=O) groups is 1. The smallest absolute Gasteiger partial charge is 0.257 e. The SMILES string of the molecule is CCc1occc1C(=O)N1CCC(Cl)C1. The molecule has 0 aliphatic carbocycles. The van der Waals surface area contributed by atoms with Gasteiger partial charge in [0.05, 0.1) is 17.2 Å². The summed E-state index contributed by atoms with van der Waals surface area (Å²) in [7, 11) is 0. The number of carbonyl (C=O) groups excluding carboxylic acids is 1. The van der Waals surface area contributed by atoms with E-state index in [1.807, 2.05) is 6.92 Å². The van der Waals surface area contributed by atoms with Crippen LogP contribution >= 0.6 is 11.6 Å². The standard InChI is InChI=1S/C11H14ClNO2/c1-2-10-9(4-6-15-10)11(14)13-5-3-8(12)7-13/h4,6,8H,2-3,5,7H2,1H3. The maximum atomic E-state index is 12.0. The number of nitrogens with zero attached hydrogens (tertiary/aromatic N) is 1. The number of alkyl halides is 1. The topological polar surface area (TPSA) is 33.5 Å². The molecule has 1 aromatic rings. The molecule has 0 spiro atoms. The van der Waals surface area contributed by atoms with Crippen LogP contribution in [0.15, 0.2) is 16.7 Å². The highest BCUT2D eigenvalue weighted by molar-refractivity contribution is 6.21. The van der Waals surface area contributed by atoms with Gasteiger partial charge in [0.1, 0.15) is 5.76 Å². The normalized spacial score (nSPS) is 20.9. The van der Waals surface area contributed by atoms with E-state index in [1.54, 1.807) is 17.2 Å². The first-order chi connectivity index (χ1) is 7.22. The maximum absolute atomic E-state index is 12.0. The molecule has 2 rings (SSSR count). The van der Waals surface area contributed by atoms with Crippen molar-refractivity contribution in [2.45, 2.75) is 25.1 Å². The lowest BCUT2D eigenvalue weighted by Crippen LogP contribution is -2.29. The lowest BCUT2D eigenvalue weighted by Gasteiger charge is -2.14. The molecule has 15 heavy (non-hydrogen) atoms. The predicted octanol–water partition coefficient (Wildman–Crippen LogP) is 2.30. The second kappa shape index (κ2) is 4.27. The molecule has 1 aromatic heterocycles. The van der Waals surface area contributed by atoms with Gasteiger partial charge in [0, 0.05) is 19.5 Å². The number of rotatable bonds is 2. The molecule has 1 atom stereocenters. The van der Waals surface area contributed by atoms with Crippen molar-refractivity contribution in [1.29, 1.82) is 0 Å².